The Balaban J connectivity index is 1.82. The molecule has 0 bridgehead atoms. The molecule has 0 spiro atoms. The van der Waals surface area contributed by atoms with Gasteiger partial charge in [-0.25, -0.2) is 4.68 Å². The number of ether oxygens (including phenoxy) is 1. The molecule has 1 aromatic heterocycles. The maximum Gasteiger partial charge on any atom is 0.262 e. The molecule has 5 nitrogen and oxygen atoms in total. The van der Waals surface area contributed by atoms with E-state index in [4.69, 9.17) is 4.74 Å². The third kappa shape index (κ3) is 2.27. The molecule has 0 radical (unpaired) electrons. The van der Waals surface area contributed by atoms with Gasteiger partial charge in [-0.3, -0.25) is 4.79 Å². The number of carbonyl (C=O) groups excluding carboxylic acids is 1. The van der Waals surface area contributed by atoms with Crippen LogP contribution in [0.25, 0.3) is 0 Å². The molecular weight excluding hydrogens is 254 g/mol. The number of hydrogen-bond acceptors (Lipinski definition) is 3. The van der Waals surface area contributed by atoms with Crippen molar-refractivity contribution in [2.75, 3.05) is 11.9 Å². The molecule has 0 fully saturated rings. The topological polar surface area (TPSA) is 56.2 Å². The summed E-state index contributed by atoms with van der Waals surface area (Å²) in [5.41, 5.74) is 3.63. The van der Waals surface area contributed by atoms with Crippen LogP contribution in [-0.4, -0.2) is 22.3 Å². The number of nitrogens with one attached hydrogen (secondary N) is 1. The van der Waals surface area contributed by atoms with Gasteiger partial charge in [0, 0.05) is 18.7 Å². The second kappa shape index (κ2) is 5.00. The molecule has 0 atom stereocenters. The summed E-state index contributed by atoms with van der Waals surface area (Å²) < 4.78 is 7.27. The molecule has 2 heterocycles. The van der Waals surface area contributed by atoms with E-state index in [9.17, 15) is 4.79 Å². The van der Waals surface area contributed by atoms with Crippen molar-refractivity contribution in [1.29, 1.82) is 0 Å². The summed E-state index contributed by atoms with van der Waals surface area (Å²) in [4.78, 5) is 12.3. The number of amides is 1. The minimum atomic E-state index is -0.184. The second-order valence-corrected chi connectivity index (χ2v) is 5.04. The van der Waals surface area contributed by atoms with E-state index < -0.39 is 0 Å². The molecule has 3 rings (SSSR count). The zero-order valence-electron chi connectivity index (χ0n) is 11.6. The van der Waals surface area contributed by atoms with Crippen molar-refractivity contribution in [2.24, 2.45) is 0 Å². The van der Waals surface area contributed by atoms with Gasteiger partial charge >= 0.3 is 0 Å². The Morgan fingerprint density at radius 1 is 1.35 bits per heavy atom. The van der Waals surface area contributed by atoms with Crippen molar-refractivity contribution in [3.63, 3.8) is 0 Å². The fraction of sp³-hybridized carbons (Fsp3) is 0.333. The van der Waals surface area contributed by atoms with Gasteiger partial charge in [-0.05, 0) is 37.1 Å². The van der Waals surface area contributed by atoms with E-state index in [0.29, 0.717) is 18.1 Å². The van der Waals surface area contributed by atoms with Crippen LogP contribution in [-0.2, 0) is 6.54 Å². The summed E-state index contributed by atoms with van der Waals surface area (Å²) in [5.74, 6) is 0.383. The smallest absolute Gasteiger partial charge is 0.262 e. The SMILES string of the molecule is Cc1ccc(NC(=O)c2cnn3c2OCCC3)cc1C. The van der Waals surface area contributed by atoms with Gasteiger partial charge in [0.15, 0.2) is 0 Å². The summed E-state index contributed by atoms with van der Waals surface area (Å²) in [6, 6.07) is 5.86. The normalized spacial score (nSPS) is 13.5. The Morgan fingerprint density at radius 2 is 2.20 bits per heavy atom. The van der Waals surface area contributed by atoms with Crippen LogP contribution < -0.4 is 10.1 Å². The van der Waals surface area contributed by atoms with Gasteiger partial charge < -0.3 is 10.1 Å². The number of hydrogen-bond donors (Lipinski definition) is 1. The van der Waals surface area contributed by atoms with E-state index in [1.54, 1.807) is 10.9 Å². The fourth-order valence-corrected chi connectivity index (χ4v) is 2.24. The first-order valence-corrected chi connectivity index (χ1v) is 6.72. The molecular formula is C15H17N3O2. The number of aromatic nitrogens is 2. The van der Waals surface area contributed by atoms with Crippen molar-refractivity contribution in [3.8, 4) is 5.88 Å². The van der Waals surface area contributed by atoms with Crippen LogP contribution >= 0.6 is 0 Å². The van der Waals surface area contributed by atoms with Crippen LogP contribution in [0.3, 0.4) is 0 Å². The second-order valence-electron chi connectivity index (χ2n) is 5.04. The van der Waals surface area contributed by atoms with E-state index in [0.717, 1.165) is 24.2 Å². The van der Waals surface area contributed by atoms with Gasteiger partial charge in [-0.15, -0.1) is 0 Å². The highest BCUT2D eigenvalue weighted by Gasteiger charge is 2.21. The van der Waals surface area contributed by atoms with E-state index in [1.165, 1.54) is 5.56 Å². The maximum atomic E-state index is 12.3. The monoisotopic (exact) mass is 271 g/mol. The van der Waals surface area contributed by atoms with Crippen molar-refractivity contribution in [2.45, 2.75) is 26.8 Å². The van der Waals surface area contributed by atoms with E-state index in [2.05, 4.69) is 10.4 Å². The number of rotatable bonds is 2. The van der Waals surface area contributed by atoms with Gasteiger partial charge in [0.25, 0.3) is 5.91 Å². The molecule has 1 aromatic carbocycles. The van der Waals surface area contributed by atoms with Gasteiger partial charge in [0.05, 0.1) is 12.8 Å². The predicted octanol–water partition coefficient (Wildman–Crippen LogP) is 2.53. The summed E-state index contributed by atoms with van der Waals surface area (Å²) in [7, 11) is 0. The van der Waals surface area contributed by atoms with Crippen molar-refractivity contribution in [1.82, 2.24) is 9.78 Å². The third-order valence-electron chi connectivity index (χ3n) is 3.55. The lowest BCUT2D eigenvalue weighted by molar-refractivity contribution is 0.102. The summed E-state index contributed by atoms with van der Waals surface area (Å²) in [5, 5.41) is 7.07. The molecule has 20 heavy (non-hydrogen) atoms. The van der Waals surface area contributed by atoms with Crippen LogP contribution in [0.4, 0.5) is 5.69 Å². The molecule has 0 unspecified atom stereocenters. The summed E-state index contributed by atoms with van der Waals surface area (Å²) >= 11 is 0. The van der Waals surface area contributed by atoms with Gasteiger partial charge in [0.2, 0.25) is 5.88 Å². The van der Waals surface area contributed by atoms with E-state index in [1.807, 2.05) is 32.0 Å². The largest absolute Gasteiger partial charge is 0.477 e. The molecule has 0 aliphatic carbocycles. The number of fused-ring (bicyclic) bond motifs is 1. The van der Waals surface area contributed by atoms with Crippen molar-refractivity contribution in [3.05, 3.63) is 41.1 Å². The highest BCUT2D eigenvalue weighted by atomic mass is 16.5. The maximum absolute atomic E-state index is 12.3. The Hall–Kier alpha value is -2.30. The molecule has 0 saturated carbocycles. The minimum absolute atomic E-state index is 0.184. The van der Waals surface area contributed by atoms with Crippen LogP contribution in [0.2, 0.25) is 0 Å². The van der Waals surface area contributed by atoms with Gasteiger partial charge in [0.1, 0.15) is 5.56 Å². The lowest BCUT2D eigenvalue weighted by Gasteiger charge is -2.16. The molecule has 1 aliphatic rings. The Morgan fingerprint density at radius 3 is 3.00 bits per heavy atom. The van der Waals surface area contributed by atoms with E-state index in [-0.39, 0.29) is 5.91 Å². The highest BCUT2D eigenvalue weighted by molar-refractivity contribution is 6.05. The number of nitrogens with zero attached hydrogens (tertiary/aromatic N) is 2. The standard InChI is InChI=1S/C15H17N3O2/c1-10-4-5-12(8-11(10)2)17-14(19)13-9-16-18-6-3-7-20-15(13)18/h4-5,8-9H,3,6-7H2,1-2H3,(H,17,19). The average Bonchev–Trinajstić information content (AvgIpc) is 2.87. The number of anilines is 1. The third-order valence-corrected chi connectivity index (χ3v) is 3.55. The average molecular weight is 271 g/mol. The lowest BCUT2D eigenvalue weighted by Crippen LogP contribution is -2.18. The molecule has 1 amide bonds. The van der Waals surface area contributed by atoms with Crippen molar-refractivity contribution >= 4 is 11.6 Å². The van der Waals surface area contributed by atoms with Gasteiger partial charge in [-0.1, -0.05) is 6.07 Å². The molecule has 1 aliphatic heterocycles. The predicted molar refractivity (Wildman–Crippen MR) is 76.2 cm³/mol. The zero-order valence-corrected chi connectivity index (χ0v) is 11.6. The van der Waals surface area contributed by atoms with Gasteiger partial charge in [-0.2, -0.15) is 5.10 Å². The fourth-order valence-electron chi connectivity index (χ4n) is 2.24. The Bertz CT molecular complexity index is 661. The zero-order chi connectivity index (χ0) is 14.1. The highest BCUT2D eigenvalue weighted by Crippen LogP contribution is 2.23. The molecule has 5 heteroatoms. The molecule has 104 valence electrons. The summed E-state index contributed by atoms with van der Waals surface area (Å²) in [6.45, 7) is 5.50. The minimum Gasteiger partial charge on any atom is -0.477 e. The van der Waals surface area contributed by atoms with Crippen LogP contribution in [0.15, 0.2) is 24.4 Å². The molecule has 0 saturated heterocycles. The first-order valence-electron chi connectivity index (χ1n) is 6.72. The van der Waals surface area contributed by atoms with Crippen LogP contribution in [0.1, 0.15) is 27.9 Å². The van der Waals surface area contributed by atoms with Crippen molar-refractivity contribution < 1.29 is 9.53 Å². The van der Waals surface area contributed by atoms with Crippen LogP contribution in [0.5, 0.6) is 5.88 Å². The van der Waals surface area contributed by atoms with E-state index >= 15 is 0 Å². The lowest BCUT2D eigenvalue weighted by atomic mass is 10.1. The Kier molecular flexibility index (Phi) is 3.18. The summed E-state index contributed by atoms with van der Waals surface area (Å²) in [6.07, 6.45) is 2.49. The Labute approximate surface area is 117 Å². The first-order chi connectivity index (χ1) is 9.65. The molecule has 1 N–H and O–H groups in total. The van der Waals surface area contributed by atoms with Crippen LogP contribution in [0, 0.1) is 13.8 Å². The number of carbonyl (C=O) groups is 1. The first kappa shape index (κ1) is 12.7. The quantitative estimate of drug-likeness (QED) is 0.913. The molecule has 2 aromatic rings. The number of aryl methyl sites for hydroxylation is 3. The number of benzene rings is 1.